The van der Waals surface area contributed by atoms with Crippen LogP contribution in [-0.2, 0) is 11.3 Å². The van der Waals surface area contributed by atoms with Crippen molar-refractivity contribution in [2.45, 2.75) is 12.5 Å². The molecule has 1 fully saturated rings. The molecule has 1 aliphatic heterocycles. The van der Waals surface area contributed by atoms with Crippen LogP contribution in [0.2, 0.25) is 0 Å². The summed E-state index contributed by atoms with van der Waals surface area (Å²) in [6, 6.07) is 18.3. The zero-order chi connectivity index (χ0) is 15.5. The predicted octanol–water partition coefficient (Wildman–Crippen LogP) is 3.59. The van der Waals surface area contributed by atoms with Crippen molar-refractivity contribution < 1.29 is 9.90 Å². The number of hydrogen-bond donors (Lipinski definition) is 1. The van der Waals surface area contributed by atoms with Crippen molar-refractivity contribution in [1.29, 1.82) is 0 Å². The summed E-state index contributed by atoms with van der Waals surface area (Å²) in [5, 5.41) is 9.59. The molecule has 2 aromatic rings. The molecular weight excluding hydrogens is 389 g/mol. The predicted molar refractivity (Wildman–Crippen MR) is 94.7 cm³/mol. The lowest BCUT2D eigenvalue weighted by molar-refractivity contribution is -0.141. The Morgan fingerprint density at radius 3 is 2.45 bits per heavy atom. The molecule has 0 spiro atoms. The van der Waals surface area contributed by atoms with E-state index < -0.39 is 5.97 Å². The number of nitrogens with zero attached hydrogens (tertiary/aromatic N) is 1. The first-order valence-corrected chi connectivity index (χ1v) is 8.46. The lowest BCUT2D eigenvalue weighted by Gasteiger charge is -2.17. The molecule has 0 unspecified atom stereocenters. The molecule has 1 saturated heterocycles. The molecule has 3 rings (SSSR count). The van der Waals surface area contributed by atoms with Gasteiger partial charge in [0.2, 0.25) is 0 Å². The second-order valence-corrected chi connectivity index (χ2v) is 6.91. The minimum absolute atomic E-state index is 0.0642. The van der Waals surface area contributed by atoms with Crippen molar-refractivity contribution >= 4 is 28.6 Å². The molecule has 0 saturated carbocycles. The molecule has 1 aliphatic rings. The lowest BCUT2D eigenvalue weighted by Crippen LogP contribution is -2.23. The molecule has 2 aromatic carbocycles. The van der Waals surface area contributed by atoms with Crippen LogP contribution in [0.15, 0.2) is 54.6 Å². The zero-order valence-corrected chi connectivity index (χ0v) is 14.3. The van der Waals surface area contributed by atoms with Gasteiger partial charge in [0.1, 0.15) is 0 Å². The van der Waals surface area contributed by atoms with Crippen molar-refractivity contribution in [2.75, 3.05) is 13.1 Å². The van der Waals surface area contributed by atoms with E-state index in [1.54, 1.807) is 0 Å². The lowest BCUT2D eigenvalue weighted by atomic mass is 9.89. The van der Waals surface area contributed by atoms with Crippen LogP contribution in [0.3, 0.4) is 0 Å². The molecule has 22 heavy (non-hydrogen) atoms. The summed E-state index contributed by atoms with van der Waals surface area (Å²) in [6.07, 6.45) is 0. The highest BCUT2D eigenvalue weighted by atomic mass is 127. The number of rotatable bonds is 4. The molecule has 4 heteroatoms. The smallest absolute Gasteiger partial charge is 0.308 e. The van der Waals surface area contributed by atoms with Crippen molar-refractivity contribution in [1.82, 2.24) is 4.90 Å². The van der Waals surface area contributed by atoms with Gasteiger partial charge in [-0.1, -0.05) is 48.5 Å². The maximum absolute atomic E-state index is 11.7. The number of carboxylic acids is 1. The quantitative estimate of drug-likeness (QED) is 0.788. The van der Waals surface area contributed by atoms with Crippen molar-refractivity contribution in [3.05, 3.63) is 69.3 Å². The second-order valence-electron chi connectivity index (χ2n) is 5.75. The molecule has 1 N–H and O–H groups in total. The van der Waals surface area contributed by atoms with Gasteiger partial charge in [0, 0.05) is 29.1 Å². The van der Waals surface area contributed by atoms with Gasteiger partial charge < -0.3 is 5.11 Å². The Bertz CT molecular complexity index is 659. The van der Waals surface area contributed by atoms with Crippen LogP contribution in [0.25, 0.3) is 0 Å². The largest absolute Gasteiger partial charge is 0.481 e. The summed E-state index contributed by atoms with van der Waals surface area (Å²) in [5.41, 5.74) is 2.39. The third-order valence-electron chi connectivity index (χ3n) is 4.27. The number of benzene rings is 2. The fraction of sp³-hybridized carbons (Fsp3) is 0.278. The minimum Gasteiger partial charge on any atom is -0.481 e. The van der Waals surface area contributed by atoms with E-state index in [1.165, 1.54) is 5.56 Å². The second kappa shape index (κ2) is 6.79. The number of carboxylic acid groups (broad SMARTS) is 1. The van der Waals surface area contributed by atoms with Gasteiger partial charge >= 0.3 is 5.97 Å². The molecule has 0 bridgehead atoms. The van der Waals surface area contributed by atoms with Gasteiger partial charge in [-0.25, -0.2) is 0 Å². The van der Waals surface area contributed by atoms with E-state index in [1.807, 2.05) is 30.3 Å². The molecule has 0 aliphatic carbocycles. The SMILES string of the molecule is O=C(O)[C@H]1CN(Cc2ccccc2)C[C@@H]1c1ccccc1I. The molecule has 0 aromatic heterocycles. The van der Waals surface area contributed by atoms with E-state index in [-0.39, 0.29) is 11.8 Å². The van der Waals surface area contributed by atoms with E-state index in [0.29, 0.717) is 6.54 Å². The van der Waals surface area contributed by atoms with E-state index >= 15 is 0 Å². The molecule has 1 heterocycles. The molecule has 0 amide bonds. The Balaban J connectivity index is 1.81. The summed E-state index contributed by atoms with van der Waals surface area (Å²) < 4.78 is 1.15. The van der Waals surface area contributed by atoms with E-state index in [2.05, 4.69) is 51.8 Å². The van der Waals surface area contributed by atoms with Crippen LogP contribution in [-0.4, -0.2) is 29.1 Å². The fourth-order valence-corrected chi connectivity index (χ4v) is 3.98. The van der Waals surface area contributed by atoms with Gasteiger partial charge in [0.15, 0.2) is 0 Å². The third kappa shape index (κ3) is 3.33. The van der Waals surface area contributed by atoms with Crippen LogP contribution < -0.4 is 0 Å². The van der Waals surface area contributed by atoms with Crippen LogP contribution in [0, 0.1) is 9.49 Å². The van der Waals surface area contributed by atoms with Crippen LogP contribution >= 0.6 is 22.6 Å². The molecule has 0 radical (unpaired) electrons. The maximum atomic E-state index is 11.7. The van der Waals surface area contributed by atoms with Crippen molar-refractivity contribution in [3.63, 3.8) is 0 Å². The number of halogens is 1. The number of aliphatic carboxylic acids is 1. The molecular formula is C18H18INO2. The van der Waals surface area contributed by atoms with Crippen molar-refractivity contribution in [3.8, 4) is 0 Å². The average Bonchev–Trinajstić information content (AvgIpc) is 2.92. The van der Waals surface area contributed by atoms with Gasteiger partial charge in [-0.15, -0.1) is 0 Å². The topological polar surface area (TPSA) is 40.5 Å². The number of likely N-dealkylation sites (tertiary alicyclic amines) is 1. The maximum Gasteiger partial charge on any atom is 0.308 e. The first kappa shape index (κ1) is 15.5. The highest BCUT2D eigenvalue weighted by molar-refractivity contribution is 14.1. The first-order chi connectivity index (χ1) is 10.6. The first-order valence-electron chi connectivity index (χ1n) is 7.38. The summed E-state index contributed by atoms with van der Waals surface area (Å²) in [5.74, 6) is -0.964. The number of carbonyl (C=O) groups is 1. The Morgan fingerprint density at radius 1 is 1.09 bits per heavy atom. The van der Waals surface area contributed by atoms with E-state index in [4.69, 9.17) is 0 Å². The summed E-state index contributed by atoms with van der Waals surface area (Å²) in [7, 11) is 0. The highest BCUT2D eigenvalue weighted by Crippen LogP contribution is 2.35. The molecule has 3 nitrogen and oxygen atoms in total. The standard InChI is InChI=1S/C18H18INO2/c19-17-9-5-4-8-14(17)15-11-20(12-16(15)18(21)22)10-13-6-2-1-3-7-13/h1-9,15-16H,10-12H2,(H,21,22)/t15-,16+/m1/s1. The Morgan fingerprint density at radius 2 is 1.77 bits per heavy atom. The fourth-order valence-electron chi connectivity index (χ4n) is 3.20. The van der Waals surface area contributed by atoms with Crippen LogP contribution in [0.5, 0.6) is 0 Å². The van der Waals surface area contributed by atoms with Gasteiger partial charge in [-0.05, 0) is 39.8 Å². The zero-order valence-electron chi connectivity index (χ0n) is 12.2. The summed E-state index contributed by atoms with van der Waals surface area (Å²) >= 11 is 2.30. The molecule has 2 atom stereocenters. The van der Waals surface area contributed by atoms with E-state index in [9.17, 15) is 9.90 Å². The Hall–Kier alpha value is -1.40. The van der Waals surface area contributed by atoms with Gasteiger partial charge in [0.05, 0.1) is 5.92 Å². The monoisotopic (exact) mass is 407 g/mol. The van der Waals surface area contributed by atoms with E-state index in [0.717, 1.165) is 22.2 Å². The molecule has 114 valence electrons. The normalized spacial score (nSPS) is 21.9. The van der Waals surface area contributed by atoms with Crippen molar-refractivity contribution in [2.24, 2.45) is 5.92 Å². The van der Waals surface area contributed by atoms with Gasteiger partial charge in [0.25, 0.3) is 0 Å². The third-order valence-corrected chi connectivity index (χ3v) is 5.25. The Labute approximate surface area is 144 Å². The summed E-state index contributed by atoms with van der Waals surface area (Å²) in [4.78, 5) is 13.9. The van der Waals surface area contributed by atoms with Crippen LogP contribution in [0.1, 0.15) is 17.0 Å². The summed E-state index contributed by atoms with van der Waals surface area (Å²) in [6.45, 7) is 2.22. The van der Waals surface area contributed by atoms with Crippen LogP contribution in [0.4, 0.5) is 0 Å². The minimum atomic E-state index is -0.694. The Kier molecular flexibility index (Phi) is 4.78. The van der Waals surface area contributed by atoms with Gasteiger partial charge in [-0.2, -0.15) is 0 Å². The number of hydrogen-bond acceptors (Lipinski definition) is 2. The van der Waals surface area contributed by atoms with Gasteiger partial charge in [-0.3, -0.25) is 9.69 Å². The average molecular weight is 407 g/mol. The highest BCUT2D eigenvalue weighted by Gasteiger charge is 2.39.